The van der Waals surface area contributed by atoms with E-state index in [9.17, 15) is 9.90 Å². The van der Waals surface area contributed by atoms with Crippen LogP contribution in [0.15, 0.2) is 27.4 Å². The molecule has 1 saturated heterocycles. The first-order chi connectivity index (χ1) is 13.6. The number of hydrogen-bond donors (Lipinski definition) is 1. The Kier molecular flexibility index (Phi) is 5.93. The van der Waals surface area contributed by atoms with Crippen LogP contribution in [0.4, 0.5) is 0 Å². The van der Waals surface area contributed by atoms with Crippen LogP contribution < -0.4 is 5.63 Å². The smallest absolute Gasteiger partial charge is 0.343 e. The number of aryl methyl sites for hydroxylation is 1. The molecule has 152 valence electrons. The second-order valence-corrected chi connectivity index (χ2v) is 9.78. The number of hydrogen-bond acceptors (Lipinski definition) is 5. The van der Waals surface area contributed by atoms with Crippen LogP contribution in [-0.2, 0) is 24.0 Å². The SMILES string of the molecule is CCCc1ccc(Cc2c(O)cc(CC3(CC4CCCCO4)CC3)oc2=O)s1. The van der Waals surface area contributed by atoms with Gasteiger partial charge in [0.1, 0.15) is 11.5 Å². The summed E-state index contributed by atoms with van der Waals surface area (Å²) in [7, 11) is 0. The third kappa shape index (κ3) is 4.69. The van der Waals surface area contributed by atoms with E-state index in [0.29, 0.717) is 23.8 Å². The zero-order valence-corrected chi connectivity index (χ0v) is 17.5. The van der Waals surface area contributed by atoms with Gasteiger partial charge in [0, 0.05) is 35.3 Å². The Balaban J connectivity index is 1.44. The highest BCUT2D eigenvalue weighted by atomic mass is 32.1. The van der Waals surface area contributed by atoms with Gasteiger partial charge in [0.15, 0.2) is 0 Å². The molecule has 1 unspecified atom stereocenters. The molecule has 2 aromatic heterocycles. The first-order valence-electron chi connectivity index (χ1n) is 10.6. The number of ether oxygens (including phenoxy) is 1. The van der Waals surface area contributed by atoms with E-state index in [2.05, 4.69) is 13.0 Å². The van der Waals surface area contributed by atoms with Gasteiger partial charge in [-0.25, -0.2) is 4.79 Å². The van der Waals surface area contributed by atoms with E-state index in [1.165, 1.54) is 11.3 Å². The lowest BCUT2D eigenvalue weighted by molar-refractivity contribution is -0.00187. The third-order valence-corrected chi connectivity index (χ3v) is 7.23. The maximum absolute atomic E-state index is 12.5. The summed E-state index contributed by atoms with van der Waals surface area (Å²) >= 11 is 1.71. The maximum Gasteiger partial charge on any atom is 0.343 e. The molecule has 0 aromatic carbocycles. The molecule has 4 nitrogen and oxygen atoms in total. The second-order valence-electron chi connectivity index (χ2n) is 8.53. The van der Waals surface area contributed by atoms with Crippen molar-refractivity contribution < 1.29 is 14.3 Å². The molecule has 3 heterocycles. The second kappa shape index (κ2) is 8.42. The van der Waals surface area contributed by atoms with Gasteiger partial charge in [-0.15, -0.1) is 11.3 Å². The fraction of sp³-hybridized carbons (Fsp3) is 0.609. The molecule has 5 heteroatoms. The van der Waals surface area contributed by atoms with Crippen LogP contribution in [0.3, 0.4) is 0 Å². The molecular formula is C23H30O4S. The molecule has 0 amide bonds. The van der Waals surface area contributed by atoms with Gasteiger partial charge in [0.2, 0.25) is 0 Å². The highest BCUT2D eigenvalue weighted by Crippen LogP contribution is 2.53. The van der Waals surface area contributed by atoms with E-state index in [1.807, 2.05) is 6.07 Å². The van der Waals surface area contributed by atoms with Crippen LogP contribution >= 0.6 is 11.3 Å². The van der Waals surface area contributed by atoms with Gasteiger partial charge in [-0.2, -0.15) is 0 Å². The molecule has 0 spiro atoms. The Labute approximate surface area is 170 Å². The Morgan fingerprint density at radius 2 is 2.07 bits per heavy atom. The summed E-state index contributed by atoms with van der Waals surface area (Å²) in [6, 6.07) is 5.83. The molecule has 1 saturated carbocycles. The highest BCUT2D eigenvalue weighted by Gasteiger charge is 2.45. The Bertz CT molecular complexity index is 856. The van der Waals surface area contributed by atoms with Crippen molar-refractivity contribution in [1.82, 2.24) is 0 Å². The van der Waals surface area contributed by atoms with Crippen LogP contribution in [0.5, 0.6) is 5.75 Å². The van der Waals surface area contributed by atoms with E-state index >= 15 is 0 Å². The summed E-state index contributed by atoms with van der Waals surface area (Å²) in [5.74, 6) is 0.679. The fourth-order valence-electron chi connectivity index (χ4n) is 4.33. The summed E-state index contributed by atoms with van der Waals surface area (Å²) in [5, 5.41) is 10.5. The molecule has 1 atom stereocenters. The normalized spacial score (nSPS) is 21.0. The van der Waals surface area contributed by atoms with Gasteiger partial charge < -0.3 is 14.3 Å². The molecule has 28 heavy (non-hydrogen) atoms. The lowest BCUT2D eigenvalue weighted by Gasteiger charge is -2.26. The Hall–Kier alpha value is -1.59. The molecule has 2 fully saturated rings. The molecular weight excluding hydrogens is 372 g/mol. The lowest BCUT2D eigenvalue weighted by Crippen LogP contribution is -2.24. The third-order valence-electron chi connectivity index (χ3n) is 6.08. The van der Waals surface area contributed by atoms with Crippen LogP contribution in [0.2, 0.25) is 0 Å². The predicted octanol–water partition coefficient (Wildman–Crippen LogP) is 5.23. The van der Waals surface area contributed by atoms with Crippen molar-refractivity contribution in [2.24, 2.45) is 5.41 Å². The van der Waals surface area contributed by atoms with Crippen molar-refractivity contribution in [2.75, 3.05) is 6.61 Å². The molecule has 2 aliphatic rings. The number of rotatable bonds is 8. The van der Waals surface area contributed by atoms with Crippen molar-refractivity contribution in [3.05, 3.63) is 49.7 Å². The van der Waals surface area contributed by atoms with E-state index in [1.54, 1.807) is 17.4 Å². The standard InChI is InChI=1S/C23H30O4S/c1-2-5-18-7-8-19(28-18)13-20-21(24)12-17(27-22(20)25)15-23(9-10-23)14-16-6-3-4-11-26-16/h7-8,12,16,24H,2-6,9-11,13-15H2,1H3. The molecule has 4 rings (SSSR count). The average Bonchev–Trinajstić information content (AvgIpc) is 3.26. The van der Waals surface area contributed by atoms with Gasteiger partial charge in [0.05, 0.1) is 11.7 Å². The number of aromatic hydroxyl groups is 1. The molecule has 0 radical (unpaired) electrons. The quantitative estimate of drug-likeness (QED) is 0.657. The van der Waals surface area contributed by atoms with Gasteiger partial charge in [0.25, 0.3) is 0 Å². The summed E-state index contributed by atoms with van der Waals surface area (Å²) < 4.78 is 11.5. The van der Waals surface area contributed by atoms with Gasteiger partial charge in [-0.1, -0.05) is 13.3 Å². The van der Waals surface area contributed by atoms with Crippen molar-refractivity contribution in [2.45, 2.75) is 77.2 Å². The zero-order valence-electron chi connectivity index (χ0n) is 16.7. The minimum absolute atomic E-state index is 0.0707. The van der Waals surface area contributed by atoms with Crippen LogP contribution in [0.25, 0.3) is 0 Å². The van der Waals surface area contributed by atoms with E-state index in [4.69, 9.17) is 9.15 Å². The van der Waals surface area contributed by atoms with E-state index < -0.39 is 5.63 Å². The largest absolute Gasteiger partial charge is 0.507 e. The molecule has 1 aliphatic heterocycles. The van der Waals surface area contributed by atoms with Crippen molar-refractivity contribution >= 4 is 11.3 Å². The summed E-state index contributed by atoms with van der Waals surface area (Å²) in [6.45, 7) is 3.03. The summed E-state index contributed by atoms with van der Waals surface area (Å²) in [4.78, 5) is 15.0. The Morgan fingerprint density at radius 1 is 1.25 bits per heavy atom. The summed E-state index contributed by atoms with van der Waals surface area (Å²) in [6.07, 6.45) is 10.5. The lowest BCUT2D eigenvalue weighted by atomic mass is 9.90. The fourth-order valence-corrected chi connectivity index (χ4v) is 5.46. The molecule has 0 bridgehead atoms. The highest BCUT2D eigenvalue weighted by molar-refractivity contribution is 7.12. The van der Waals surface area contributed by atoms with E-state index in [0.717, 1.165) is 62.9 Å². The monoisotopic (exact) mass is 402 g/mol. The van der Waals surface area contributed by atoms with Crippen LogP contribution in [0.1, 0.15) is 72.9 Å². The van der Waals surface area contributed by atoms with Gasteiger partial charge >= 0.3 is 5.63 Å². The van der Waals surface area contributed by atoms with Crippen LogP contribution in [0, 0.1) is 5.41 Å². The van der Waals surface area contributed by atoms with E-state index in [-0.39, 0.29) is 11.2 Å². The topological polar surface area (TPSA) is 59.7 Å². The zero-order chi connectivity index (χ0) is 19.6. The number of thiophene rings is 1. The van der Waals surface area contributed by atoms with Crippen molar-refractivity contribution in [3.8, 4) is 5.75 Å². The maximum atomic E-state index is 12.5. The van der Waals surface area contributed by atoms with Crippen molar-refractivity contribution in [1.29, 1.82) is 0 Å². The average molecular weight is 403 g/mol. The Morgan fingerprint density at radius 3 is 2.75 bits per heavy atom. The summed E-state index contributed by atoms with van der Waals surface area (Å²) in [5.41, 5.74) is 0.161. The van der Waals surface area contributed by atoms with Crippen LogP contribution in [-0.4, -0.2) is 17.8 Å². The first-order valence-corrected chi connectivity index (χ1v) is 11.4. The molecule has 1 aliphatic carbocycles. The minimum Gasteiger partial charge on any atom is -0.507 e. The predicted molar refractivity (Wildman–Crippen MR) is 111 cm³/mol. The minimum atomic E-state index is -0.398. The van der Waals surface area contributed by atoms with Gasteiger partial charge in [-0.05, 0) is 62.5 Å². The van der Waals surface area contributed by atoms with Crippen molar-refractivity contribution in [3.63, 3.8) is 0 Å². The molecule has 1 N–H and O–H groups in total. The first kappa shape index (κ1) is 19.7. The van der Waals surface area contributed by atoms with Gasteiger partial charge in [-0.3, -0.25) is 0 Å². The molecule has 2 aromatic rings.